The summed E-state index contributed by atoms with van der Waals surface area (Å²) in [4.78, 5) is 5.53. The lowest BCUT2D eigenvalue weighted by Gasteiger charge is -2.17. The van der Waals surface area contributed by atoms with Crippen LogP contribution in [0.4, 0.5) is 0 Å². The standard InChI is InChI=1S/C13H22N2OS/c1-2-15-12(13-9-14-10-17-13)7-3-5-11-6-4-8-16-11/h9-12,15H,2-8H2,1H3. The first-order valence-corrected chi connectivity index (χ1v) is 7.51. The van der Waals surface area contributed by atoms with Gasteiger partial charge in [-0.3, -0.25) is 4.98 Å². The number of nitrogens with one attached hydrogen (secondary N) is 1. The van der Waals surface area contributed by atoms with E-state index in [-0.39, 0.29) is 0 Å². The normalized spacial score (nSPS) is 21.8. The highest BCUT2D eigenvalue weighted by molar-refractivity contribution is 7.09. The van der Waals surface area contributed by atoms with Crippen molar-refractivity contribution >= 4 is 11.3 Å². The highest BCUT2D eigenvalue weighted by Gasteiger charge is 2.17. The molecule has 0 aliphatic carbocycles. The van der Waals surface area contributed by atoms with Gasteiger partial charge in [-0.2, -0.15) is 0 Å². The third-order valence-corrected chi connectivity index (χ3v) is 4.18. The van der Waals surface area contributed by atoms with Gasteiger partial charge < -0.3 is 10.1 Å². The van der Waals surface area contributed by atoms with Crippen molar-refractivity contribution < 1.29 is 4.74 Å². The summed E-state index contributed by atoms with van der Waals surface area (Å²) in [6.45, 7) is 4.15. The summed E-state index contributed by atoms with van der Waals surface area (Å²) < 4.78 is 5.66. The zero-order chi connectivity index (χ0) is 11.9. The zero-order valence-electron chi connectivity index (χ0n) is 10.5. The average Bonchev–Trinajstić information content (AvgIpc) is 3.01. The van der Waals surface area contributed by atoms with Crippen molar-refractivity contribution in [3.63, 3.8) is 0 Å². The van der Waals surface area contributed by atoms with Crippen LogP contribution >= 0.6 is 11.3 Å². The maximum atomic E-state index is 5.66. The SMILES string of the molecule is CCNC(CCCC1CCCO1)c1cncs1. The Morgan fingerprint density at radius 3 is 3.24 bits per heavy atom. The van der Waals surface area contributed by atoms with Crippen molar-refractivity contribution in [2.45, 2.75) is 51.2 Å². The molecule has 2 heterocycles. The van der Waals surface area contributed by atoms with Gasteiger partial charge in [0.2, 0.25) is 0 Å². The molecule has 0 bridgehead atoms. The average molecular weight is 254 g/mol. The van der Waals surface area contributed by atoms with Crippen LogP contribution in [0, 0.1) is 0 Å². The maximum absolute atomic E-state index is 5.66. The third-order valence-electron chi connectivity index (χ3n) is 3.29. The molecule has 1 aromatic rings. The van der Waals surface area contributed by atoms with Gasteiger partial charge in [0.15, 0.2) is 0 Å². The van der Waals surface area contributed by atoms with Crippen LogP contribution in [-0.2, 0) is 4.74 Å². The molecular weight excluding hydrogens is 232 g/mol. The lowest BCUT2D eigenvalue weighted by Crippen LogP contribution is -2.20. The van der Waals surface area contributed by atoms with Gasteiger partial charge in [0.1, 0.15) is 0 Å². The first kappa shape index (κ1) is 13.0. The van der Waals surface area contributed by atoms with E-state index in [4.69, 9.17) is 4.74 Å². The van der Waals surface area contributed by atoms with E-state index >= 15 is 0 Å². The van der Waals surface area contributed by atoms with Crippen molar-refractivity contribution in [3.8, 4) is 0 Å². The fourth-order valence-electron chi connectivity index (χ4n) is 2.41. The molecule has 2 atom stereocenters. The molecule has 96 valence electrons. The highest BCUT2D eigenvalue weighted by atomic mass is 32.1. The van der Waals surface area contributed by atoms with Crippen LogP contribution in [0.25, 0.3) is 0 Å². The minimum absolute atomic E-state index is 0.480. The molecule has 0 aromatic carbocycles. The van der Waals surface area contributed by atoms with Gasteiger partial charge in [-0.15, -0.1) is 11.3 Å². The number of nitrogens with zero attached hydrogens (tertiary/aromatic N) is 1. The van der Waals surface area contributed by atoms with Crippen LogP contribution in [0.1, 0.15) is 49.9 Å². The van der Waals surface area contributed by atoms with Crippen molar-refractivity contribution in [1.82, 2.24) is 10.3 Å². The Bertz CT molecular complexity index is 296. The maximum Gasteiger partial charge on any atom is 0.0794 e. The van der Waals surface area contributed by atoms with Gasteiger partial charge >= 0.3 is 0 Å². The quantitative estimate of drug-likeness (QED) is 0.811. The fraction of sp³-hybridized carbons (Fsp3) is 0.769. The van der Waals surface area contributed by atoms with E-state index in [1.807, 2.05) is 11.7 Å². The Morgan fingerprint density at radius 2 is 2.59 bits per heavy atom. The van der Waals surface area contributed by atoms with E-state index in [0.29, 0.717) is 12.1 Å². The van der Waals surface area contributed by atoms with Crippen LogP contribution in [-0.4, -0.2) is 24.2 Å². The number of hydrogen-bond donors (Lipinski definition) is 1. The van der Waals surface area contributed by atoms with Gasteiger partial charge in [-0.05, 0) is 38.6 Å². The summed E-state index contributed by atoms with van der Waals surface area (Å²) in [6.07, 6.45) is 8.66. The molecule has 3 nitrogen and oxygen atoms in total. The smallest absolute Gasteiger partial charge is 0.0794 e. The lowest BCUT2D eigenvalue weighted by atomic mass is 10.0. The summed E-state index contributed by atoms with van der Waals surface area (Å²) in [5.74, 6) is 0. The van der Waals surface area contributed by atoms with E-state index in [1.165, 1.54) is 37.0 Å². The topological polar surface area (TPSA) is 34.1 Å². The number of ether oxygens (including phenoxy) is 1. The minimum atomic E-state index is 0.480. The molecular formula is C13H22N2OS. The summed E-state index contributed by atoms with van der Waals surface area (Å²) in [6, 6.07) is 0.480. The molecule has 0 amide bonds. The summed E-state index contributed by atoms with van der Waals surface area (Å²) >= 11 is 1.75. The predicted molar refractivity (Wildman–Crippen MR) is 71.4 cm³/mol. The Labute approximate surface area is 108 Å². The predicted octanol–water partition coefficient (Wildman–Crippen LogP) is 3.14. The van der Waals surface area contributed by atoms with Gasteiger partial charge in [-0.25, -0.2) is 0 Å². The van der Waals surface area contributed by atoms with Crippen molar-refractivity contribution in [2.24, 2.45) is 0 Å². The molecule has 2 unspecified atom stereocenters. The molecule has 1 saturated heterocycles. The summed E-state index contributed by atoms with van der Waals surface area (Å²) in [5, 5.41) is 3.54. The van der Waals surface area contributed by atoms with Crippen molar-refractivity contribution in [1.29, 1.82) is 0 Å². The summed E-state index contributed by atoms with van der Waals surface area (Å²) in [5.41, 5.74) is 1.92. The molecule has 17 heavy (non-hydrogen) atoms. The Kier molecular flexibility index (Phi) is 5.42. The number of thiazole rings is 1. The van der Waals surface area contributed by atoms with E-state index in [1.54, 1.807) is 11.3 Å². The zero-order valence-corrected chi connectivity index (χ0v) is 11.3. The van der Waals surface area contributed by atoms with Crippen LogP contribution < -0.4 is 5.32 Å². The molecule has 1 fully saturated rings. The van der Waals surface area contributed by atoms with Crippen LogP contribution in [0.2, 0.25) is 0 Å². The van der Waals surface area contributed by atoms with Gasteiger partial charge in [-0.1, -0.05) is 6.92 Å². The Hall–Kier alpha value is -0.450. The number of hydrogen-bond acceptors (Lipinski definition) is 4. The Balaban J connectivity index is 1.73. The Morgan fingerprint density at radius 1 is 1.65 bits per heavy atom. The van der Waals surface area contributed by atoms with Crippen LogP contribution in [0.5, 0.6) is 0 Å². The molecule has 1 aromatic heterocycles. The molecule has 4 heteroatoms. The minimum Gasteiger partial charge on any atom is -0.378 e. The molecule has 0 spiro atoms. The van der Waals surface area contributed by atoms with Gasteiger partial charge in [0.05, 0.1) is 11.6 Å². The second-order valence-electron chi connectivity index (χ2n) is 4.58. The number of rotatable bonds is 7. The van der Waals surface area contributed by atoms with Crippen LogP contribution in [0.3, 0.4) is 0 Å². The highest BCUT2D eigenvalue weighted by Crippen LogP contribution is 2.25. The van der Waals surface area contributed by atoms with Crippen molar-refractivity contribution in [3.05, 3.63) is 16.6 Å². The fourth-order valence-corrected chi connectivity index (χ4v) is 3.14. The first-order valence-electron chi connectivity index (χ1n) is 6.63. The molecule has 1 N–H and O–H groups in total. The van der Waals surface area contributed by atoms with Crippen molar-refractivity contribution in [2.75, 3.05) is 13.2 Å². The second kappa shape index (κ2) is 7.09. The molecule has 1 aliphatic rings. The van der Waals surface area contributed by atoms with Crippen LogP contribution in [0.15, 0.2) is 11.7 Å². The van der Waals surface area contributed by atoms with E-state index in [0.717, 1.165) is 13.2 Å². The molecule has 1 aliphatic heterocycles. The van der Waals surface area contributed by atoms with Gasteiger partial charge in [0.25, 0.3) is 0 Å². The second-order valence-corrected chi connectivity index (χ2v) is 5.50. The van der Waals surface area contributed by atoms with E-state index in [2.05, 4.69) is 17.2 Å². The summed E-state index contributed by atoms with van der Waals surface area (Å²) in [7, 11) is 0. The molecule has 0 saturated carbocycles. The lowest BCUT2D eigenvalue weighted by molar-refractivity contribution is 0.101. The molecule has 2 rings (SSSR count). The number of aromatic nitrogens is 1. The third kappa shape index (κ3) is 4.05. The van der Waals surface area contributed by atoms with E-state index < -0.39 is 0 Å². The molecule has 0 radical (unpaired) electrons. The largest absolute Gasteiger partial charge is 0.378 e. The first-order chi connectivity index (χ1) is 8.40. The monoisotopic (exact) mass is 254 g/mol. The van der Waals surface area contributed by atoms with Gasteiger partial charge in [0, 0.05) is 23.7 Å². The van der Waals surface area contributed by atoms with E-state index in [9.17, 15) is 0 Å².